The van der Waals surface area contributed by atoms with Crippen molar-refractivity contribution >= 4 is 0 Å². The van der Waals surface area contributed by atoms with Crippen LogP contribution in [0.15, 0.2) is 30.6 Å². The summed E-state index contributed by atoms with van der Waals surface area (Å²) in [6.45, 7) is 4.66. The molecule has 0 fully saturated rings. The fraction of sp³-hybridized carbons (Fsp3) is 0.357. The molecule has 0 aliphatic heterocycles. The quantitative estimate of drug-likeness (QED) is 0.901. The van der Waals surface area contributed by atoms with Gasteiger partial charge in [-0.3, -0.25) is 4.68 Å². The summed E-state index contributed by atoms with van der Waals surface area (Å²) in [5.41, 5.74) is 6.46. The maximum Gasteiger partial charge on any atom is 0.167 e. The maximum atomic E-state index is 13.8. The number of halogens is 1. The molecule has 1 atom stereocenters. The minimum absolute atomic E-state index is 0.175. The second kappa shape index (κ2) is 5.84. The Bertz CT molecular complexity index is 551. The van der Waals surface area contributed by atoms with Crippen LogP contribution >= 0.6 is 0 Å². The topological polar surface area (TPSA) is 53.1 Å². The van der Waals surface area contributed by atoms with E-state index in [-0.39, 0.29) is 11.8 Å². The molecule has 4 nitrogen and oxygen atoms in total. The molecule has 0 saturated carbocycles. The minimum atomic E-state index is -0.418. The molecule has 102 valence electrons. The Hall–Kier alpha value is -1.88. The van der Waals surface area contributed by atoms with Crippen LogP contribution in [0.4, 0.5) is 4.39 Å². The first-order valence-corrected chi connectivity index (χ1v) is 6.36. The molecule has 1 aromatic carbocycles. The van der Waals surface area contributed by atoms with E-state index in [1.165, 1.54) is 6.07 Å². The van der Waals surface area contributed by atoms with Gasteiger partial charge in [0.15, 0.2) is 17.3 Å². The fourth-order valence-corrected chi connectivity index (χ4v) is 1.86. The summed E-state index contributed by atoms with van der Waals surface area (Å²) in [7, 11) is 0. The first-order chi connectivity index (χ1) is 9.11. The lowest BCUT2D eigenvalue weighted by Gasteiger charge is -2.13. The summed E-state index contributed by atoms with van der Waals surface area (Å²) < 4.78 is 21.2. The van der Waals surface area contributed by atoms with Crippen molar-refractivity contribution in [1.29, 1.82) is 0 Å². The third kappa shape index (κ3) is 3.12. The lowest BCUT2D eigenvalue weighted by molar-refractivity contribution is 0.431. The first-order valence-electron chi connectivity index (χ1n) is 6.36. The van der Waals surface area contributed by atoms with Crippen molar-refractivity contribution < 1.29 is 9.13 Å². The first kappa shape index (κ1) is 13.5. The SMILES string of the molecule is CCCn1cc(Oc2c(F)cccc2[C@H](C)N)cn1. The van der Waals surface area contributed by atoms with E-state index in [2.05, 4.69) is 12.0 Å². The van der Waals surface area contributed by atoms with Crippen LogP contribution in [0.5, 0.6) is 11.5 Å². The van der Waals surface area contributed by atoms with E-state index >= 15 is 0 Å². The smallest absolute Gasteiger partial charge is 0.167 e. The molecule has 19 heavy (non-hydrogen) atoms. The summed E-state index contributed by atoms with van der Waals surface area (Å²) in [6.07, 6.45) is 4.31. The Morgan fingerprint density at radius 3 is 2.95 bits per heavy atom. The number of aryl methyl sites for hydroxylation is 1. The van der Waals surface area contributed by atoms with Crippen LogP contribution in [0.25, 0.3) is 0 Å². The van der Waals surface area contributed by atoms with Crippen LogP contribution in [0, 0.1) is 5.82 Å². The Kier molecular flexibility index (Phi) is 4.16. The van der Waals surface area contributed by atoms with Crippen molar-refractivity contribution in [3.8, 4) is 11.5 Å². The number of benzene rings is 1. The highest BCUT2D eigenvalue weighted by Crippen LogP contribution is 2.31. The second-order valence-electron chi connectivity index (χ2n) is 4.49. The number of nitrogens with two attached hydrogens (primary N) is 1. The molecule has 0 amide bonds. The van der Waals surface area contributed by atoms with Gasteiger partial charge in [0.1, 0.15) is 0 Å². The molecule has 1 aromatic heterocycles. The summed E-state index contributed by atoms with van der Waals surface area (Å²) in [5, 5.41) is 4.14. The lowest BCUT2D eigenvalue weighted by atomic mass is 10.1. The zero-order valence-corrected chi connectivity index (χ0v) is 11.1. The number of ether oxygens (including phenoxy) is 1. The monoisotopic (exact) mass is 263 g/mol. The van der Waals surface area contributed by atoms with Crippen LogP contribution < -0.4 is 10.5 Å². The van der Waals surface area contributed by atoms with Crippen LogP contribution in [-0.4, -0.2) is 9.78 Å². The van der Waals surface area contributed by atoms with Gasteiger partial charge < -0.3 is 10.5 Å². The minimum Gasteiger partial charge on any atom is -0.451 e. The molecule has 0 aliphatic carbocycles. The Labute approximate surface area is 112 Å². The molecule has 0 spiro atoms. The summed E-state index contributed by atoms with van der Waals surface area (Å²) >= 11 is 0. The molecule has 1 heterocycles. The molecule has 2 N–H and O–H groups in total. The molecule has 0 aliphatic rings. The molecule has 0 unspecified atom stereocenters. The van der Waals surface area contributed by atoms with E-state index in [4.69, 9.17) is 10.5 Å². The number of aromatic nitrogens is 2. The average molecular weight is 263 g/mol. The summed E-state index contributed by atoms with van der Waals surface area (Å²) in [6, 6.07) is 4.45. The third-order valence-corrected chi connectivity index (χ3v) is 2.77. The van der Waals surface area contributed by atoms with Gasteiger partial charge in [0.25, 0.3) is 0 Å². The van der Waals surface area contributed by atoms with Gasteiger partial charge in [-0.15, -0.1) is 0 Å². The molecule has 5 heteroatoms. The fourth-order valence-electron chi connectivity index (χ4n) is 1.86. The summed E-state index contributed by atoms with van der Waals surface area (Å²) in [4.78, 5) is 0. The van der Waals surface area contributed by atoms with Crippen LogP contribution in [-0.2, 0) is 6.54 Å². The van der Waals surface area contributed by atoms with E-state index in [0.29, 0.717) is 11.3 Å². The van der Waals surface area contributed by atoms with Crippen molar-refractivity contribution in [2.75, 3.05) is 0 Å². The van der Waals surface area contributed by atoms with Crippen molar-refractivity contribution in [3.05, 3.63) is 42.0 Å². The molecular formula is C14H18FN3O. The van der Waals surface area contributed by atoms with Gasteiger partial charge in [0.05, 0.1) is 12.4 Å². The highest BCUT2D eigenvalue weighted by Gasteiger charge is 2.14. The second-order valence-corrected chi connectivity index (χ2v) is 4.49. The van der Waals surface area contributed by atoms with Gasteiger partial charge in [-0.05, 0) is 19.4 Å². The van der Waals surface area contributed by atoms with E-state index in [1.807, 2.05) is 0 Å². The number of hydrogen-bond acceptors (Lipinski definition) is 3. The van der Waals surface area contributed by atoms with Crippen molar-refractivity contribution in [2.45, 2.75) is 32.9 Å². The molecule has 2 rings (SSSR count). The largest absolute Gasteiger partial charge is 0.451 e. The molecule has 0 radical (unpaired) electrons. The number of nitrogens with zero attached hydrogens (tertiary/aromatic N) is 2. The maximum absolute atomic E-state index is 13.8. The van der Waals surface area contributed by atoms with Gasteiger partial charge in [0.2, 0.25) is 0 Å². The normalized spacial score (nSPS) is 12.4. The predicted octanol–water partition coefficient (Wildman–Crippen LogP) is 3.24. The molecular weight excluding hydrogens is 245 g/mol. The van der Waals surface area contributed by atoms with Crippen molar-refractivity contribution in [3.63, 3.8) is 0 Å². The Morgan fingerprint density at radius 1 is 1.47 bits per heavy atom. The molecule has 0 saturated heterocycles. The van der Waals surface area contributed by atoms with Gasteiger partial charge in [-0.25, -0.2) is 4.39 Å². The van der Waals surface area contributed by atoms with Crippen LogP contribution in [0.1, 0.15) is 31.9 Å². The van der Waals surface area contributed by atoms with E-state index in [0.717, 1.165) is 13.0 Å². The van der Waals surface area contributed by atoms with E-state index < -0.39 is 5.82 Å². The molecule has 0 bridgehead atoms. The zero-order chi connectivity index (χ0) is 13.8. The highest BCUT2D eigenvalue weighted by atomic mass is 19.1. The predicted molar refractivity (Wildman–Crippen MR) is 71.6 cm³/mol. The third-order valence-electron chi connectivity index (χ3n) is 2.77. The van der Waals surface area contributed by atoms with E-state index in [9.17, 15) is 4.39 Å². The van der Waals surface area contributed by atoms with E-state index in [1.54, 1.807) is 36.1 Å². The van der Waals surface area contributed by atoms with Crippen molar-refractivity contribution in [1.82, 2.24) is 9.78 Å². The van der Waals surface area contributed by atoms with Crippen molar-refractivity contribution in [2.24, 2.45) is 5.73 Å². The summed E-state index contributed by atoms with van der Waals surface area (Å²) in [5.74, 6) is 0.270. The number of para-hydroxylation sites is 1. The lowest BCUT2D eigenvalue weighted by Crippen LogP contribution is -2.07. The van der Waals surface area contributed by atoms with Gasteiger partial charge in [-0.2, -0.15) is 5.10 Å². The number of hydrogen-bond donors (Lipinski definition) is 1. The number of rotatable bonds is 5. The van der Waals surface area contributed by atoms with Crippen LogP contribution in [0.3, 0.4) is 0 Å². The Balaban J connectivity index is 2.26. The van der Waals surface area contributed by atoms with Gasteiger partial charge in [0, 0.05) is 18.2 Å². The highest BCUT2D eigenvalue weighted by molar-refractivity contribution is 5.39. The molecule has 2 aromatic rings. The average Bonchev–Trinajstić information content (AvgIpc) is 2.79. The zero-order valence-electron chi connectivity index (χ0n) is 11.1. The van der Waals surface area contributed by atoms with Crippen LogP contribution in [0.2, 0.25) is 0 Å². The van der Waals surface area contributed by atoms with Gasteiger partial charge >= 0.3 is 0 Å². The van der Waals surface area contributed by atoms with Gasteiger partial charge in [-0.1, -0.05) is 19.1 Å². The Morgan fingerprint density at radius 2 is 2.26 bits per heavy atom. The standard InChI is InChI=1S/C14H18FN3O/c1-3-7-18-9-11(8-17-18)19-14-12(10(2)16)5-4-6-13(14)15/h4-6,8-10H,3,7,16H2,1-2H3/t10-/m0/s1.